The summed E-state index contributed by atoms with van der Waals surface area (Å²) < 4.78 is 76.2. The van der Waals surface area contributed by atoms with Crippen molar-refractivity contribution in [2.24, 2.45) is 0 Å². The Morgan fingerprint density at radius 2 is 1.84 bits per heavy atom. The number of aromatic nitrogens is 3. The highest BCUT2D eigenvalue weighted by molar-refractivity contribution is 8.24. The van der Waals surface area contributed by atoms with E-state index in [4.69, 9.17) is 17.3 Å². The number of carbonyl (C=O) groups is 1. The number of halogens is 5. The normalized spacial score (nSPS) is 16.0. The largest absolute Gasteiger partial charge is 0.416 e. The zero-order valence-corrected chi connectivity index (χ0v) is 24.3. The van der Waals surface area contributed by atoms with Crippen molar-refractivity contribution in [2.45, 2.75) is 19.1 Å². The number of nitriles is 1. The molecule has 11 nitrogen and oxygen atoms in total. The molecule has 0 radical (unpaired) electrons. The molecule has 5 rings (SSSR count). The minimum Gasteiger partial charge on any atom is -0.382 e. The van der Waals surface area contributed by atoms with Crippen molar-refractivity contribution in [3.05, 3.63) is 70.4 Å². The van der Waals surface area contributed by atoms with Gasteiger partial charge in [0.2, 0.25) is 0 Å². The molecule has 17 heteroatoms. The third kappa shape index (κ3) is 6.51. The van der Waals surface area contributed by atoms with E-state index < -0.39 is 34.2 Å². The van der Waals surface area contributed by atoms with Crippen molar-refractivity contribution >= 4 is 50.9 Å². The summed E-state index contributed by atoms with van der Waals surface area (Å²) in [5.41, 5.74) is 6.77. The Balaban J connectivity index is 1.46. The summed E-state index contributed by atoms with van der Waals surface area (Å²) in [7, 11) is -2.63. The van der Waals surface area contributed by atoms with E-state index in [1.807, 2.05) is 4.90 Å². The molecule has 232 valence electrons. The molecule has 0 spiro atoms. The van der Waals surface area contributed by atoms with Crippen LogP contribution in [0.3, 0.4) is 0 Å². The minimum atomic E-state index is -4.67. The molecule has 0 aliphatic carbocycles. The number of fused-ring (bicyclic) bond motifs is 1. The van der Waals surface area contributed by atoms with Gasteiger partial charge in [-0.05, 0) is 41.5 Å². The van der Waals surface area contributed by atoms with Gasteiger partial charge in [-0.2, -0.15) is 34.1 Å². The van der Waals surface area contributed by atoms with Crippen molar-refractivity contribution in [2.75, 3.05) is 41.0 Å². The monoisotopic (exact) mass is 652 g/mol. The fourth-order valence-electron chi connectivity index (χ4n) is 4.94. The van der Waals surface area contributed by atoms with Gasteiger partial charge in [-0.3, -0.25) is 14.0 Å². The van der Waals surface area contributed by atoms with Gasteiger partial charge in [0.05, 0.1) is 51.7 Å². The molecule has 0 unspecified atom stereocenters. The van der Waals surface area contributed by atoms with Crippen molar-refractivity contribution in [3.63, 3.8) is 0 Å². The Hall–Kier alpha value is -4.14. The van der Waals surface area contributed by atoms with Gasteiger partial charge < -0.3 is 16.4 Å². The predicted molar refractivity (Wildman–Crippen MR) is 159 cm³/mol. The number of anilines is 3. The molecule has 4 aromatic rings. The molecule has 2 aromatic carbocycles. The second kappa shape index (κ2) is 12.1. The first kappa shape index (κ1) is 31.3. The number of urea groups is 1. The number of alkyl halides is 3. The van der Waals surface area contributed by atoms with E-state index in [9.17, 15) is 32.3 Å². The van der Waals surface area contributed by atoms with Crippen molar-refractivity contribution in [3.8, 4) is 17.2 Å². The summed E-state index contributed by atoms with van der Waals surface area (Å²) in [6.45, 7) is 1.10. The standard InChI is InChI=1S/C27H25ClF4N8O3S/c28-18-3-2-16(27(30,31)32)12-21(18)38-26(41)37-20-4-1-15(11-19(20)29)23-17(5-6-33)22(40-24(23)25(34)35-14-36-40)13-39-7-9-44(42,43)10-8-39/h1-4,11-12,14,42-43H,5,7-10,13H2,(H2,34,35,36)(H2,37,38,41). The zero-order valence-electron chi connectivity index (χ0n) is 22.7. The molecule has 44 heavy (non-hydrogen) atoms. The van der Waals surface area contributed by atoms with Crippen LogP contribution in [0.15, 0.2) is 42.7 Å². The lowest BCUT2D eigenvalue weighted by Gasteiger charge is -2.40. The van der Waals surface area contributed by atoms with E-state index in [1.54, 1.807) is 0 Å². The van der Waals surface area contributed by atoms with Gasteiger partial charge in [-0.25, -0.2) is 18.7 Å². The third-order valence-electron chi connectivity index (χ3n) is 7.11. The molecule has 1 fully saturated rings. The molecule has 6 N–H and O–H groups in total. The number of amides is 2. The van der Waals surface area contributed by atoms with Gasteiger partial charge in [-0.1, -0.05) is 17.7 Å². The topological polar surface area (TPSA) is 165 Å². The third-order valence-corrected chi connectivity index (χ3v) is 9.11. The minimum absolute atomic E-state index is 0.0771. The Kier molecular flexibility index (Phi) is 8.60. The predicted octanol–water partition coefficient (Wildman–Crippen LogP) is 6.07. The first-order chi connectivity index (χ1) is 20.8. The lowest BCUT2D eigenvalue weighted by atomic mass is 9.98. The summed E-state index contributed by atoms with van der Waals surface area (Å²) in [5.74, 6) is -0.385. The summed E-state index contributed by atoms with van der Waals surface area (Å²) in [5, 5.41) is 18.3. The van der Waals surface area contributed by atoms with Crippen LogP contribution in [0.2, 0.25) is 5.02 Å². The molecular weight excluding hydrogens is 628 g/mol. The van der Waals surface area contributed by atoms with Gasteiger partial charge in [-0.15, -0.1) is 0 Å². The van der Waals surface area contributed by atoms with Crippen LogP contribution in [0.25, 0.3) is 16.6 Å². The average molecular weight is 653 g/mol. The molecule has 0 bridgehead atoms. The van der Waals surface area contributed by atoms with Crippen molar-refractivity contribution in [1.82, 2.24) is 19.5 Å². The van der Waals surface area contributed by atoms with Crippen LogP contribution in [0.1, 0.15) is 16.8 Å². The summed E-state index contributed by atoms with van der Waals surface area (Å²) in [6.07, 6.45) is -3.50. The Labute approximate surface area is 254 Å². The van der Waals surface area contributed by atoms with Crippen LogP contribution in [-0.2, 0) is 19.1 Å². The van der Waals surface area contributed by atoms with E-state index in [1.165, 1.54) is 23.0 Å². The number of benzene rings is 2. The number of carbonyl (C=O) groups excluding carboxylic acids is 1. The number of nitrogens with two attached hydrogens (primary N) is 1. The Morgan fingerprint density at radius 3 is 2.50 bits per heavy atom. The van der Waals surface area contributed by atoms with Gasteiger partial charge in [0.15, 0.2) is 5.82 Å². The SMILES string of the molecule is N#CCc1c(-c2ccc(NC(=O)Nc3cc(C(F)(F)F)ccc3Cl)c(F)c2)c2c(N)ncnn2c1CN1CCS(O)(O)CC1. The van der Waals surface area contributed by atoms with E-state index >= 15 is 4.39 Å². The maximum absolute atomic E-state index is 15.4. The van der Waals surface area contributed by atoms with Gasteiger partial charge in [0, 0.05) is 25.2 Å². The molecule has 1 saturated heterocycles. The lowest BCUT2D eigenvalue weighted by Crippen LogP contribution is -2.38. The summed E-state index contributed by atoms with van der Waals surface area (Å²) in [6, 6.07) is 7.36. The number of hydrogen-bond donors (Lipinski definition) is 5. The summed E-state index contributed by atoms with van der Waals surface area (Å²) >= 11 is 5.94. The zero-order chi connectivity index (χ0) is 31.8. The number of rotatable bonds is 6. The molecular formula is C27H25ClF4N8O3S. The Bertz CT molecular complexity index is 1780. The summed E-state index contributed by atoms with van der Waals surface area (Å²) in [4.78, 5) is 18.6. The van der Waals surface area contributed by atoms with Crippen LogP contribution >= 0.6 is 22.2 Å². The van der Waals surface area contributed by atoms with E-state index in [0.29, 0.717) is 53.6 Å². The number of nitrogens with zero attached hydrogens (tertiary/aromatic N) is 5. The Morgan fingerprint density at radius 1 is 1.14 bits per heavy atom. The highest BCUT2D eigenvalue weighted by atomic mass is 35.5. The molecule has 2 aromatic heterocycles. The maximum Gasteiger partial charge on any atom is 0.416 e. The highest BCUT2D eigenvalue weighted by Gasteiger charge is 2.31. The van der Waals surface area contributed by atoms with Crippen molar-refractivity contribution in [1.29, 1.82) is 5.26 Å². The van der Waals surface area contributed by atoms with Crippen LogP contribution in [0.4, 0.5) is 39.5 Å². The number of nitrogen functional groups attached to an aromatic ring is 1. The van der Waals surface area contributed by atoms with Gasteiger partial charge in [0.25, 0.3) is 0 Å². The molecule has 0 saturated carbocycles. The van der Waals surface area contributed by atoms with Crippen molar-refractivity contribution < 1.29 is 31.5 Å². The van der Waals surface area contributed by atoms with Crippen LogP contribution in [0.5, 0.6) is 0 Å². The second-order valence-electron chi connectivity index (χ2n) is 9.99. The van der Waals surface area contributed by atoms with Crippen LogP contribution < -0.4 is 16.4 Å². The smallest absolute Gasteiger partial charge is 0.382 e. The second-order valence-corrected chi connectivity index (χ2v) is 12.8. The first-order valence-electron chi connectivity index (χ1n) is 13.0. The van der Waals surface area contributed by atoms with Crippen LogP contribution in [0, 0.1) is 17.1 Å². The van der Waals surface area contributed by atoms with E-state index in [0.717, 1.165) is 18.2 Å². The quantitative estimate of drug-likeness (QED) is 0.157. The fourth-order valence-corrected chi connectivity index (χ4v) is 6.41. The van der Waals surface area contributed by atoms with Crippen LogP contribution in [-0.4, -0.2) is 59.2 Å². The molecule has 3 heterocycles. The lowest BCUT2D eigenvalue weighted by molar-refractivity contribution is -0.137. The fraction of sp³-hybridized carbons (Fsp3) is 0.259. The van der Waals surface area contributed by atoms with Gasteiger partial charge >= 0.3 is 12.2 Å². The van der Waals surface area contributed by atoms with E-state index in [-0.39, 0.29) is 40.1 Å². The average Bonchev–Trinajstić information content (AvgIpc) is 3.25. The maximum atomic E-state index is 15.4. The molecule has 2 amide bonds. The molecule has 1 aliphatic rings. The first-order valence-corrected chi connectivity index (χ1v) is 15.2. The molecule has 0 atom stereocenters. The van der Waals surface area contributed by atoms with E-state index in [2.05, 4.69) is 26.8 Å². The number of nitrogens with one attached hydrogen (secondary N) is 2. The van der Waals surface area contributed by atoms with Gasteiger partial charge in [0.1, 0.15) is 17.7 Å². The highest BCUT2D eigenvalue weighted by Crippen LogP contribution is 2.42. The number of hydrogen-bond acceptors (Lipinski definition) is 8. The molecule has 1 aliphatic heterocycles.